The molecule has 0 saturated carbocycles. The van der Waals surface area contributed by atoms with Crippen molar-refractivity contribution in [2.24, 2.45) is 0 Å². The Bertz CT molecular complexity index is 1040. The predicted octanol–water partition coefficient (Wildman–Crippen LogP) is 2.59. The highest BCUT2D eigenvalue weighted by atomic mass is 32.1. The number of benzene rings is 1. The summed E-state index contributed by atoms with van der Waals surface area (Å²) in [5.41, 5.74) is 1.78. The number of hydrogen-bond acceptors (Lipinski definition) is 7. The number of carbonyl (C=O) groups excluding carboxylic acids is 2. The summed E-state index contributed by atoms with van der Waals surface area (Å²) in [5, 5.41) is 6.36. The van der Waals surface area contributed by atoms with Gasteiger partial charge in [-0.05, 0) is 18.1 Å². The van der Waals surface area contributed by atoms with Crippen LogP contribution in [0.1, 0.15) is 33.0 Å². The minimum absolute atomic E-state index is 0.121. The van der Waals surface area contributed by atoms with Crippen molar-refractivity contribution in [1.82, 2.24) is 20.6 Å². The molecule has 0 aliphatic carbocycles. The van der Waals surface area contributed by atoms with Gasteiger partial charge in [-0.15, -0.1) is 11.3 Å². The molecule has 1 aromatic carbocycles. The van der Waals surface area contributed by atoms with Crippen molar-refractivity contribution in [2.45, 2.75) is 26.5 Å². The number of fused-ring (bicyclic) bond motifs is 1. The number of hydrogen-bond donors (Lipinski definition) is 2. The standard InChI is InChI=1S/C21H24N4O4S/c1-13-17-20(29-3)24-15(12-28-2)25-21(17)30-18(13)19(27)22-10-9-16(26)23-11-14-7-5-4-6-8-14/h4-8H,9-12H2,1-3H3,(H,22,27)(H,23,26). The van der Waals surface area contributed by atoms with Crippen LogP contribution in [0.2, 0.25) is 0 Å². The zero-order valence-corrected chi connectivity index (χ0v) is 18.0. The third-order valence-corrected chi connectivity index (χ3v) is 5.63. The van der Waals surface area contributed by atoms with Crippen molar-refractivity contribution < 1.29 is 19.1 Å². The monoisotopic (exact) mass is 428 g/mol. The van der Waals surface area contributed by atoms with Gasteiger partial charge < -0.3 is 20.1 Å². The molecule has 0 radical (unpaired) electrons. The van der Waals surface area contributed by atoms with Gasteiger partial charge in [0.15, 0.2) is 5.82 Å². The first kappa shape index (κ1) is 21.7. The van der Waals surface area contributed by atoms with E-state index in [1.807, 2.05) is 37.3 Å². The minimum Gasteiger partial charge on any atom is -0.480 e. The SMILES string of the molecule is COCc1nc(OC)c2c(C)c(C(=O)NCCC(=O)NCc3ccccc3)sc2n1. The number of amides is 2. The second-order valence-electron chi connectivity index (χ2n) is 6.59. The molecule has 158 valence electrons. The second kappa shape index (κ2) is 10.1. The second-order valence-corrected chi connectivity index (χ2v) is 7.59. The fraction of sp³-hybridized carbons (Fsp3) is 0.333. The Morgan fingerprint density at radius 1 is 1.10 bits per heavy atom. The summed E-state index contributed by atoms with van der Waals surface area (Å²) in [4.78, 5) is 34.7. The fourth-order valence-electron chi connectivity index (χ4n) is 2.96. The Balaban J connectivity index is 1.61. The normalized spacial score (nSPS) is 10.8. The first-order chi connectivity index (χ1) is 14.5. The lowest BCUT2D eigenvalue weighted by atomic mass is 10.2. The third kappa shape index (κ3) is 5.11. The van der Waals surface area contributed by atoms with Crippen LogP contribution in [-0.2, 0) is 22.7 Å². The molecular weight excluding hydrogens is 404 g/mol. The lowest BCUT2D eigenvalue weighted by Gasteiger charge is -2.07. The van der Waals surface area contributed by atoms with Crippen LogP contribution in [0.3, 0.4) is 0 Å². The van der Waals surface area contributed by atoms with Gasteiger partial charge in [-0.1, -0.05) is 30.3 Å². The Kier molecular flexibility index (Phi) is 7.31. The molecule has 2 aromatic heterocycles. The van der Waals surface area contributed by atoms with E-state index in [0.29, 0.717) is 33.3 Å². The van der Waals surface area contributed by atoms with E-state index in [9.17, 15) is 9.59 Å². The number of aryl methyl sites for hydroxylation is 1. The summed E-state index contributed by atoms with van der Waals surface area (Å²) < 4.78 is 10.5. The van der Waals surface area contributed by atoms with Gasteiger partial charge in [-0.2, -0.15) is 4.98 Å². The van der Waals surface area contributed by atoms with Crippen molar-refractivity contribution in [2.75, 3.05) is 20.8 Å². The highest BCUT2D eigenvalue weighted by molar-refractivity contribution is 7.20. The van der Waals surface area contributed by atoms with Crippen LogP contribution in [0.25, 0.3) is 10.2 Å². The number of aromatic nitrogens is 2. The fourth-order valence-corrected chi connectivity index (χ4v) is 4.06. The van der Waals surface area contributed by atoms with Gasteiger partial charge >= 0.3 is 0 Å². The van der Waals surface area contributed by atoms with Crippen LogP contribution >= 0.6 is 11.3 Å². The van der Waals surface area contributed by atoms with Crippen LogP contribution in [0.4, 0.5) is 0 Å². The van der Waals surface area contributed by atoms with Crippen LogP contribution in [-0.4, -0.2) is 42.5 Å². The Labute approximate surface area is 178 Å². The molecule has 30 heavy (non-hydrogen) atoms. The molecule has 0 spiro atoms. The Morgan fingerprint density at radius 2 is 1.87 bits per heavy atom. The van der Waals surface area contributed by atoms with Gasteiger partial charge in [0.25, 0.3) is 5.91 Å². The molecule has 8 nitrogen and oxygen atoms in total. The number of nitrogens with zero attached hydrogens (tertiary/aromatic N) is 2. The molecule has 0 unspecified atom stereocenters. The van der Waals surface area contributed by atoms with Gasteiger partial charge in [0.2, 0.25) is 11.8 Å². The van der Waals surface area contributed by atoms with Crippen LogP contribution in [0.15, 0.2) is 30.3 Å². The summed E-state index contributed by atoms with van der Waals surface area (Å²) in [6.45, 7) is 2.79. The van der Waals surface area contributed by atoms with E-state index in [-0.39, 0.29) is 31.4 Å². The van der Waals surface area contributed by atoms with E-state index in [2.05, 4.69) is 20.6 Å². The van der Waals surface area contributed by atoms with E-state index in [0.717, 1.165) is 11.1 Å². The summed E-state index contributed by atoms with van der Waals surface area (Å²) >= 11 is 1.27. The first-order valence-electron chi connectivity index (χ1n) is 9.45. The van der Waals surface area contributed by atoms with Crippen LogP contribution in [0, 0.1) is 6.92 Å². The van der Waals surface area contributed by atoms with Crippen LogP contribution < -0.4 is 15.4 Å². The largest absolute Gasteiger partial charge is 0.480 e. The number of carbonyl (C=O) groups is 2. The van der Waals surface area contributed by atoms with E-state index >= 15 is 0 Å². The highest BCUT2D eigenvalue weighted by Crippen LogP contribution is 2.34. The highest BCUT2D eigenvalue weighted by Gasteiger charge is 2.21. The lowest BCUT2D eigenvalue weighted by Crippen LogP contribution is -2.30. The number of methoxy groups -OCH3 is 2. The number of ether oxygens (including phenoxy) is 2. The molecular formula is C21H24N4O4S. The molecule has 0 saturated heterocycles. The molecule has 0 bridgehead atoms. The van der Waals surface area contributed by atoms with E-state index in [4.69, 9.17) is 9.47 Å². The van der Waals surface area contributed by atoms with Crippen molar-refractivity contribution in [1.29, 1.82) is 0 Å². The maximum Gasteiger partial charge on any atom is 0.261 e. The number of thiophene rings is 1. The molecule has 0 aliphatic rings. The molecule has 2 amide bonds. The molecule has 3 rings (SSSR count). The zero-order valence-electron chi connectivity index (χ0n) is 17.2. The molecule has 9 heteroatoms. The molecule has 0 aliphatic heterocycles. The summed E-state index contributed by atoms with van der Waals surface area (Å²) in [6.07, 6.45) is 0.198. The summed E-state index contributed by atoms with van der Waals surface area (Å²) in [5.74, 6) is 0.538. The van der Waals surface area contributed by atoms with Crippen LogP contribution in [0.5, 0.6) is 5.88 Å². The average molecular weight is 429 g/mol. The first-order valence-corrected chi connectivity index (χ1v) is 10.3. The quantitative estimate of drug-likeness (QED) is 0.543. The molecule has 2 N–H and O–H groups in total. The van der Waals surface area contributed by atoms with Crippen molar-refractivity contribution in [3.63, 3.8) is 0 Å². The molecule has 0 fully saturated rings. The van der Waals surface area contributed by atoms with Gasteiger partial charge in [0, 0.05) is 26.6 Å². The topological polar surface area (TPSA) is 102 Å². The zero-order chi connectivity index (χ0) is 21.5. The van der Waals surface area contributed by atoms with Gasteiger partial charge in [0.05, 0.1) is 17.4 Å². The average Bonchev–Trinajstić information content (AvgIpc) is 3.09. The number of nitrogens with one attached hydrogen (secondary N) is 2. The lowest BCUT2D eigenvalue weighted by molar-refractivity contribution is -0.121. The van der Waals surface area contributed by atoms with E-state index in [1.54, 1.807) is 7.11 Å². The summed E-state index contributed by atoms with van der Waals surface area (Å²) in [7, 11) is 3.10. The van der Waals surface area contributed by atoms with Crippen molar-refractivity contribution in [3.8, 4) is 5.88 Å². The smallest absolute Gasteiger partial charge is 0.261 e. The maximum absolute atomic E-state index is 12.7. The predicted molar refractivity (Wildman–Crippen MR) is 115 cm³/mol. The van der Waals surface area contributed by atoms with Crippen molar-refractivity contribution in [3.05, 3.63) is 52.2 Å². The summed E-state index contributed by atoms with van der Waals surface area (Å²) in [6, 6.07) is 9.67. The third-order valence-electron chi connectivity index (χ3n) is 4.45. The maximum atomic E-state index is 12.7. The van der Waals surface area contributed by atoms with Gasteiger partial charge in [-0.3, -0.25) is 9.59 Å². The molecule has 0 atom stereocenters. The Hall–Kier alpha value is -3.04. The van der Waals surface area contributed by atoms with Gasteiger partial charge in [-0.25, -0.2) is 4.98 Å². The molecule has 3 aromatic rings. The van der Waals surface area contributed by atoms with Crippen molar-refractivity contribution >= 4 is 33.4 Å². The van der Waals surface area contributed by atoms with E-state index < -0.39 is 0 Å². The Morgan fingerprint density at radius 3 is 2.57 bits per heavy atom. The van der Waals surface area contributed by atoms with E-state index in [1.165, 1.54) is 18.4 Å². The minimum atomic E-state index is -0.248. The molecule has 2 heterocycles. The van der Waals surface area contributed by atoms with Gasteiger partial charge in [0.1, 0.15) is 11.4 Å². The number of rotatable bonds is 9.